The molecule has 10 heteroatoms. The van der Waals surface area contributed by atoms with E-state index in [-0.39, 0.29) is 40.0 Å². The lowest BCUT2D eigenvalue weighted by Crippen LogP contribution is -2.35. The Morgan fingerprint density at radius 3 is 2.47 bits per heavy atom. The van der Waals surface area contributed by atoms with Gasteiger partial charge in [0.15, 0.2) is 17.3 Å². The summed E-state index contributed by atoms with van der Waals surface area (Å²) < 4.78 is 27.7. The van der Waals surface area contributed by atoms with Crippen LogP contribution in [-0.4, -0.2) is 31.0 Å². The minimum Gasteiger partial charge on any atom is -0.481 e. The van der Waals surface area contributed by atoms with Gasteiger partial charge in [-0.1, -0.05) is 12.8 Å². The van der Waals surface area contributed by atoms with E-state index in [2.05, 4.69) is 19.9 Å². The van der Waals surface area contributed by atoms with Crippen LogP contribution in [0.5, 0.6) is 0 Å². The fraction of sp³-hybridized carbons (Fsp3) is 0.458. The van der Waals surface area contributed by atoms with Gasteiger partial charge in [0.2, 0.25) is 5.95 Å². The summed E-state index contributed by atoms with van der Waals surface area (Å²) >= 11 is 0. The summed E-state index contributed by atoms with van der Waals surface area (Å²) in [6.07, 6.45) is 9.97. The SMILES string of the molecule is N#Cc1c(-c2c[nH]c3ncc(F)nc23)nc(N)c(F)c1C1CC1.O=C(O)C1CC2CCC1CC2. The van der Waals surface area contributed by atoms with E-state index in [4.69, 9.17) is 10.8 Å². The normalized spacial score (nSPS) is 23.3. The van der Waals surface area contributed by atoms with Gasteiger partial charge in [-0.2, -0.15) is 9.65 Å². The zero-order chi connectivity index (χ0) is 24.0. The standard InChI is InChI=1S/C15H10F2N6.C9H14O2/c16-9-5-21-15-13(22-9)8(4-20-15)12-7(3-18)10(6-1-2-6)11(17)14(19)23-12;10-9(11)8-5-6-1-3-7(8)4-2-6/h4-6H,1-2H2,(H2,19,23)(H,20,21);6-8H,1-5H2,(H,10,11). The number of anilines is 1. The molecule has 4 fully saturated rings. The number of carboxylic acids is 1. The molecule has 0 saturated heterocycles. The Kier molecular flexibility index (Phi) is 5.63. The second-order valence-electron chi connectivity index (χ2n) is 9.39. The summed E-state index contributed by atoms with van der Waals surface area (Å²) in [4.78, 5) is 25.3. The van der Waals surface area contributed by atoms with Crippen LogP contribution in [0.2, 0.25) is 0 Å². The maximum atomic E-state index is 14.3. The number of nitrogens with one attached hydrogen (secondary N) is 1. The first-order valence-electron chi connectivity index (χ1n) is 11.5. The number of carbonyl (C=O) groups is 1. The molecule has 4 N–H and O–H groups in total. The highest BCUT2D eigenvalue weighted by atomic mass is 19.1. The number of nitrogen functional groups attached to an aromatic ring is 1. The molecular weight excluding hydrogens is 442 g/mol. The zero-order valence-corrected chi connectivity index (χ0v) is 18.4. The number of carboxylic acid groups (broad SMARTS) is 1. The van der Waals surface area contributed by atoms with E-state index >= 15 is 0 Å². The Morgan fingerprint density at radius 2 is 1.91 bits per heavy atom. The fourth-order valence-corrected chi connectivity index (χ4v) is 5.39. The average Bonchev–Trinajstić information content (AvgIpc) is 3.60. The van der Waals surface area contributed by atoms with Gasteiger partial charge in [0.25, 0.3) is 0 Å². The summed E-state index contributed by atoms with van der Waals surface area (Å²) in [5.74, 6) is -1.01. The third kappa shape index (κ3) is 3.95. The monoisotopic (exact) mass is 466 g/mol. The molecule has 1 atom stereocenters. The van der Waals surface area contributed by atoms with Gasteiger partial charge in [-0.3, -0.25) is 4.79 Å². The van der Waals surface area contributed by atoms with Crippen molar-refractivity contribution >= 4 is 23.0 Å². The van der Waals surface area contributed by atoms with Crippen LogP contribution in [0.25, 0.3) is 22.4 Å². The molecule has 4 aliphatic rings. The first-order chi connectivity index (χ1) is 16.4. The number of nitrogens with zero attached hydrogens (tertiary/aromatic N) is 4. The molecule has 34 heavy (non-hydrogen) atoms. The number of aromatic amines is 1. The summed E-state index contributed by atoms with van der Waals surface area (Å²) in [6.45, 7) is 0. The number of fused-ring (bicyclic) bond motifs is 4. The van der Waals surface area contributed by atoms with Crippen LogP contribution in [-0.2, 0) is 4.79 Å². The summed E-state index contributed by atoms with van der Waals surface area (Å²) in [7, 11) is 0. The topological polar surface area (TPSA) is 142 Å². The molecule has 0 spiro atoms. The Morgan fingerprint density at radius 1 is 1.18 bits per heavy atom. The maximum absolute atomic E-state index is 14.3. The number of hydrogen-bond donors (Lipinski definition) is 3. The highest BCUT2D eigenvalue weighted by Crippen LogP contribution is 2.46. The van der Waals surface area contributed by atoms with Crippen LogP contribution in [0.1, 0.15) is 62.0 Å². The minimum atomic E-state index is -0.755. The van der Waals surface area contributed by atoms with Crippen molar-refractivity contribution in [3.63, 3.8) is 0 Å². The lowest BCUT2D eigenvalue weighted by Gasteiger charge is -2.40. The molecule has 3 aromatic heterocycles. The molecule has 4 saturated carbocycles. The first kappa shape index (κ1) is 22.2. The van der Waals surface area contributed by atoms with E-state index in [1.807, 2.05) is 6.07 Å². The highest BCUT2D eigenvalue weighted by molar-refractivity contribution is 5.91. The van der Waals surface area contributed by atoms with Gasteiger partial charge in [-0.15, -0.1) is 0 Å². The molecule has 7 rings (SSSR count). The summed E-state index contributed by atoms with van der Waals surface area (Å²) in [5.41, 5.74) is 7.22. The number of halogens is 2. The third-order valence-electron chi connectivity index (χ3n) is 7.27. The van der Waals surface area contributed by atoms with Crippen LogP contribution >= 0.6 is 0 Å². The number of nitriles is 1. The molecule has 3 aromatic rings. The molecule has 0 aromatic carbocycles. The second kappa shape index (κ2) is 8.63. The molecular formula is C24H24F2N6O2. The predicted molar refractivity (Wildman–Crippen MR) is 119 cm³/mol. The van der Waals surface area contributed by atoms with Gasteiger partial charge in [0.1, 0.15) is 11.6 Å². The van der Waals surface area contributed by atoms with Crippen molar-refractivity contribution < 1.29 is 18.7 Å². The van der Waals surface area contributed by atoms with Crippen molar-refractivity contribution in [3.05, 3.63) is 35.3 Å². The van der Waals surface area contributed by atoms with Crippen molar-refractivity contribution in [2.45, 2.75) is 50.9 Å². The molecule has 4 aliphatic carbocycles. The third-order valence-corrected chi connectivity index (χ3v) is 7.27. The van der Waals surface area contributed by atoms with E-state index in [1.165, 1.54) is 31.9 Å². The van der Waals surface area contributed by atoms with E-state index in [0.29, 0.717) is 17.1 Å². The van der Waals surface area contributed by atoms with Gasteiger partial charge in [0, 0.05) is 17.3 Å². The Balaban J connectivity index is 0.000000183. The van der Waals surface area contributed by atoms with Gasteiger partial charge >= 0.3 is 5.97 Å². The van der Waals surface area contributed by atoms with E-state index in [0.717, 1.165) is 31.4 Å². The quantitative estimate of drug-likeness (QED) is 0.515. The van der Waals surface area contributed by atoms with Crippen LogP contribution < -0.4 is 5.73 Å². The largest absolute Gasteiger partial charge is 0.481 e. The number of aliphatic carboxylic acids is 1. The van der Waals surface area contributed by atoms with Crippen molar-refractivity contribution in [1.29, 1.82) is 5.26 Å². The Labute approximate surface area is 194 Å². The first-order valence-corrected chi connectivity index (χ1v) is 11.5. The van der Waals surface area contributed by atoms with Crippen LogP contribution in [0.15, 0.2) is 12.4 Å². The van der Waals surface area contributed by atoms with Crippen LogP contribution in [0.3, 0.4) is 0 Å². The lowest BCUT2D eigenvalue weighted by molar-refractivity contribution is -0.147. The lowest BCUT2D eigenvalue weighted by atomic mass is 9.65. The highest BCUT2D eigenvalue weighted by Gasteiger charge is 2.39. The predicted octanol–water partition coefficient (Wildman–Crippen LogP) is 4.53. The molecule has 8 nitrogen and oxygen atoms in total. The number of hydrogen-bond acceptors (Lipinski definition) is 6. The second-order valence-corrected chi connectivity index (χ2v) is 9.39. The number of H-pyrrole nitrogens is 1. The van der Waals surface area contributed by atoms with Crippen molar-refractivity contribution in [3.8, 4) is 17.3 Å². The van der Waals surface area contributed by atoms with E-state index < -0.39 is 17.7 Å². The van der Waals surface area contributed by atoms with Gasteiger partial charge in [0.05, 0.1) is 23.4 Å². The molecule has 1 unspecified atom stereocenters. The zero-order valence-electron chi connectivity index (χ0n) is 18.4. The number of aromatic nitrogens is 4. The number of pyridine rings is 1. The maximum Gasteiger partial charge on any atom is 0.306 e. The van der Waals surface area contributed by atoms with Crippen molar-refractivity contribution in [1.82, 2.24) is 19.9 Å². The van der Waals surface area contributed by atoms with Crippen molar-refractivity contribution in [2.75, 3.05) is 5.73 Å². The smallest absolute Gasteiger partial charge is 0.306 e. The average molecular weight is 466 g/mol. The molecule has 0 amide bonds. The van der Waals surface area contributed by atoms with E-state index in [1.54, 1.807) is 0 Å². The Hall–Kier alpha value is -3.61. The van der Waals surface area contributed by atoms with Gasteiger partial charge in [-0.25, -0.2) is 19.3 Å². The molecule has 0 radical (unpaired) electrons. The van der Waals surface area contributed by atoms with Crippen molar-refractivity contribution in [2.24, 2.45) is 17.8 Å². The molecule has 2 bridgehead atoms. The molecule has 176 valence electrons. The van der Waals surface area contributed by atoms with Crippen LogP contribution in [0.4, 0.5) is 14.6 Å². The summed E-state index contributed by atoms with van der Waals surface area (Å²) in [5, 5.41) is 18.4. The molecule has 3 heterocycles. The summed E-state index contributed by atoms with van der Waals surface area (Å²) in [6, 6.07) is 2.01. The molecule has 0 aliphatic heterocycles. The Bertz CT molecular complexity index is 1310. The van der Waals surface area contributed by atoms with Gasteiger partial charge < -0.3 is 15.8 Å². The van der Waals surface area contributed by atoms with Crippen LogP contribution in [0, 0.1) is 40.8 Å². The number of rotatable bonds is 3. The number of nitrogens with two attached hydrogens (primary N) is 1. The fourth-order valence-electron chi connectivity index (χ4n) is 5.39. The minimum absolute atomic E-state index is 0.00231. The van der Waals surface area contributed by atoms with E-state index in [9.17, 15) is 18.8 Å². The van der Waals surface area contributed by atoms with Gasteiger partial charge in [-0.05, 0) is 49.9 Å².